The molecule has 0 aliphatic heterocycles. The molecule has 114 valence electrons. The van der Waals surface area contributed by atoms with Crippen LogP contribution in [0.5, 0.6) is 0 Å². The summed E-state index contributed by atoms with van der Waals surface area (Å²) < 4.78 is 13.7. The summed E-state index contributed by atoms with van der Waals surface area (Å²) in [7, 11) is 1.53. The molecule has 6 heteroatoms. The number of benzene rings is 1. The number of rotatable bonds is 4. The monoisotopic (exact) mass is 313 g/mol. The van der Waals surface area contributed by atoms with Crippen LogP contribution in [0.2, 0.25) is 5.02 Å². The topological polar surface area (TPSA) is 57.6 Å². The molecule has 0 spiro atoms. The van der Waals surface area contributed by atoms with Gasteiger partial charge < -0.3 is 10.0 Å². The molecule has 0 aromatic heterocycles. The fourth-order valence-electron chi connectivity index (χ4n) is 2.80. The Morgan fingerprint density at radius 3 is 2.48 bits per heavy atom. The molecule has 0 bridgehead atoms. The highest BCUT2D eigenvalue weighted by atomic mass is 35.5. The van der Waals surface area contributed by atoms with Gasteiger partial charge in [0.05, 0.1) is 11.8 Å². The number of amides is 1. The molecular weight excluding hydrogens is 297 g/mol. The maximum absolute atomic E-state index is 13.7. The zero-order valence-electron chi connectivity index (χ0n) is 12.1. The third kappa shape index (κ3) is 2.75. The van der Waals surface area contributed by atoms with Crippen molar-refractivity contribution in [3.05, 3.63) is 34.6 Å². The molecule has 1 aliphatic carbocycles. The summed E-state index contributed by atoms with van der Waals surface area (Å²) in [6, 6.07) is 4.33. The van der Waals surface area contributed by atoms with Crippen LogP contribution in [0.4, 0.5) is 4.39 Å². The van der Waals surface area contributed by atoms with Gasteiger partial charge in [-0.05, 0) is 17.5 Å². The Balaban J connectivity index is 2.13. The lowest BCUT2D eigenvalue weighted by atomic mass is 10.1. The number of hydrogen-bond donors (Lipinski definition) is 1. The van der Waals surface area contributed by atoms with Gasteiger partial charge in [-0.15, -0.1) is 0 Å². The number of hydrogen-bond acceptors (Lipinski definition) is 2. The van der Waals surface area contributed by atoms with Gasteiger partial charge in [-0.3, -0.25) is 9.59 Å². The summed E-state index contributed by atoms with van der Waals surface area (Å²) >= 11 is 5.94. The molecule has 1 aromatic rings. The van der Waals surface area contributed by atoms with Crippen molar-refractivity contribution in [1.82, 2.24) is 4.90 Å². The zero-order valence-corrected chi connectivity index (χ0v) is 12.8. The van der Waals surface area contributed by atoms with Crippen LogP contribution in [0.25, 0.3) is 0 Å². The number of carbonyl (C=O) groups excluding carboxylic acids is 1. The van der Waals surface area contributed by atoms with Crippen LogP contribution in [0.3, 0.4) is 0 Å². The summed E-state index contributed by atoms with van der Waals surface area (Å²) in [5.74, 6) is -3.02. The Hall–Kier alpha value is -1.62. The van der Waals surface area contributed by atoms with Crippen molar-refractivity contribution in [2.75, 3.05) is 7.05 Å². The SMILES string of the molecule is CN(Cc1c(F)cccc1Cl)C(=O)[C@H]1[C@@H](C(=O)O)C1(C)C. The van der Waals surface area contributed by atoms with E-state index in [9.17, 15) is 14.0 Å². The van der Waals surface area contributed by atoms with Gasteiger partial charge in [0.15, 0.2) is 0 Å². The first-order valence-electron chi connectivity index (χ1n) is 6.58. The predicted molar refractivity (Wildman–Crippen MR) is 76.3 cm³/mol. The van der Waals surface area contributed by atoms with E-state index in [2.05, 4.69) is 0 Å². The lowest BCUT2D eigenvalue weighted by molar-refractivity contribution is -0.141. The van der Waals surface area contributed by atoms with Gasteiger partial charge in [0, 0.05) is 24.2 Å². The molecule has 1 fully saturated rings. The highest BCUT2D eigenvalue weighted by molar-refractivity contribution is 6.31. The molecule has 4 nitrogen and oxygen atoms in total. The average Bonchev–Trinajstić information content (AvgIpc) is 2.96. The van der Waals surface area contributed by atoms with E-state index in [0.717, 1.165) is 0 Å². The largest absolute Gasteiger partial charge is 0.481 e. The number of carboxylic acids is 1. The van der Waals surface area contributed by atoms with E-state index < -0.39 is 29.0 Å². The fourth-order valence-corrected chi connectivity index (χ4v) is 3.02. The van der Waals surface area contributed by atoms with Gasteiger partial charge >= 0.3 is 5.97 Å². The van der Waals surface area contributed by atoms with Gasteiger partial charge in [-0.25, -0.2) is 4.39 Å². The number of aliphatic carboxylic acids is 1. The second kappa shape index (κ2) is 5.30. The molecule has 0 heterocycles. The molecule has 1 saturated carbocycles. The summed E-state index contributed by atoms with van der Waals surface area (Å²) in [5, 5.41) is 9.37. The molecule has 0 radical (unpaired) electrons. The molecule has 1 N–H and O–H groups in total. The van der Waals surface area contributed by atoms with Crippen LogP contribution in [0.1, 0.15) is 19.4 Å². The quantitative estimate of drug-likeness (QED) is 0.930. The van der Waals surface area contributed by atoms with E-state index in [1.54, 1.807) is 19.9 Å². The van der Waals surface area contributed by atoms with Crippen molar-refractivity contribution in [3.63, 3.8) is 0 Å². The van der Waals surface area contributed by atoms with Gasteiger partial charge in [0.25, 0.3) is 0 Å². The van der Waals surface area contributed by atoms with Crippen molar-refractivity contribution in [2.45, 2.75) is 20.4 Å². The van der Waals surface area contributed by atoms with Gasteiger partial charge in [0.2, 0.25) is 5.91 Å². The second-order valence-corrected chi connectivity index (χ2v) is 6.42. The Bertz CT molecular complexity index is 582. The molecule has 1 aliphatic rings. The van der Waals surface area contributed by atoms with Crippen molar-refractivity contribution in [3.8, 4) is 0 Å². The lowest BCUT2D eigenvalue weighted by Crippen LogP contribution is -2.30. The maximum atomic E-state index is 13.7. The van der Waals surface area contributed by atoms with Crippen LogP contribution in [-0.2, 0) is 16.1 Å². The van der Waals surface area contributed by atoms with Crippen LogP contribution in [-0.4, -0.2) is 28.9 Å². The summed E-state index contributed by atoms with van der Waals surface area (Å²) in [6.07, 6.45) is 0. The molecule has 1 aromatic carbocycles. The summed E-state index contributed by atoms with van der Waals surface area (Å²) in [6.45, 7) is 3.51. The minimum atomic E-state index is -0.976. The van der Waals surface area contributed by atoms with Gasteiger partial charge in [0.1, 0.15) is 5.82 Å². The van der Waals surface area contributed by atoms with E-state index in [4.69, 9.17) is 16.7 Å². The number of halogens is 2. The van der Waals surface area contributed by atoms with Gasteiger partial charge in [-0.2, -0.15) is 0 Å². The van der Waals surface area contributed by atoms with Crippen LogP contribution in [0, 0.1) is 23.1 Å². The summed E-state index contributed by atoms with van der Waals surface area (Å²) in [4.78, 5) is 24.8. The number of nitrogens with zero attached hydrogens (tertiary/aromatic N) is 1. The second-order valence-electron chi connectivity index (χ2n) is 6.01. The van der Waals surface area contributed by atoms with E-state index >= 15 is 0 Å². The van der Waals surface area contributed by atoms with Crippen molar-refractivity contribution in [2.24, 2.45) is 17.3 Å². The van der Waals surface area contributed by atoms with E-state index in [1.807, 2.05) is 0 Å². The van der Waals surface area contributed by atoms with Crippen molar-refractivity contribution >= 4 is 23.5 Å². The standard InChI is InChI=1S/C15H17ClFNO3/c1-15(2)11(12(15)14(20)21)13(19)18(3)7-8-9(16)5-4-6-10(8)17/h4-6,11-12H,7H2,1-3H3,(H,20,21)/t11-,12+/m1/s1. The van der Waals surface area contributed by atoms with E-state index in [0.29, 0.717) is 0 Å². The third-order valence-corrected chi connectivity index (χ3v) is 4.55. The van der Waals surface area contributed by atoms with Crippen LogP contribution >= 0.6 is 11.6 Å². The predicted octanol–water partition coefficient (Wildman–Crippen LogP) is 2.79. The van der Waals surface area contributed by atoms with Gasteiger partial charge in [-0.1, -0.05) is 31.5 Å². The smallest absolute Gasteiger partial charge is 0.307 e. The Morgan fingerprint density at radius 1 is 1.38 bits per heavy atom. The van der Waals surface area contributed by atoms with E-state index in [1.165, 1.54) is 24.1 Å². The minimum absolute atomic E-state index is 0.0171. The molecular formula is C15H17ClFNO3. The first kappa shape index (κ1) is 15.8. The molecule has 2 atom stereocenters. The average molecular weight is 314 g/mol. The van der Waals surface area contributed by atoms with Crippen LogP contribution < -0.4 is 0 Å². The molecule has 0 saturated heterocycles. The number of carbonyl (C=O) groups is 2. The zero-order chi connectivity index (χ0) is 15.9. The van der Waals surface area contributed by atoms with Crippen molar-refractivity contribution < 1.29 is 19.1 Å². The molecule has 0 unspecified atom stereocenters. The minimum Gasteiger partial charge on any atom is -0.481 e. The van der Waals surface area contributed by atoms with Crippen molar-refractivity contribution in [1.29, 1.82) is 0 Å². The van der Waals surface area contributed by atoms with Crippen LogP contribution in [0.15, 0.2) is 18.2 Å². The molecule has 21 heavy (non-hydrogen) atoms. The fraction of sp³-hybridized carbons (Fsp3) is 0.467. The summed E-state index contributed by atoms with van der Waals surface area (Å²) in [5.41, 5.74) is -0.337. The first-order valence-corrected chi connectivity index (χ1v) is 6.96. The number of carboxylic acid groups (broad SMARTS) is 1. The first-order chi connectivity index (χ1) is 9.67. The third-order valence-electron chi connectivity index (χ3n) is 4.19. The normalized spacial score (nSPS) is 22.7. The Morgan fingerprint density at radius 2 is 2.00 bits per heavy atom. The maximum Gasteiger partial charge on any atom is 0.307 e. The molecule has 2 rings (SSSR count). The molecule has 1 amide bonds. The Labute approximate surface area is 127 Å². The highest BCUT2D eigenvalue weighted by Gasteiger charge is 2.66. The van der Waals surface area contributed by atoms with E-state index in [-0.39, 0.29) is 23.0 Å². The lowest BCUT2D eigenvalue weighted by Gasteiger charge is -2.19. The Kier molecular flexibility index (Phi) is 3.97. The highest BCUT2D eigenvalue weighted by Crippen LogP contribution is 2.59.